The standard InChI is InChI=1S/C15H30O2Si/c1-6-10-11-13-12-15(13,14(16)17-5)18(7-2,8-3)9-4/h13H,6-12H2,1-5H3/t13-,15-/m0/s1. The Balaban J connectivity index is 2.97. The van der Waals surface area contributed by atoms with Crippen LogP contribution in [0.25, 0.3) is 0 Å². The van der Waals surface area contributed by atoms with Crippen LogP contribution in [-0.4, -0.2) is 21.2 Å². The summed E-state index contributed by atoms with van der Waals surface area (Å²) >= 11 is 0. The number of carbonyl (C=O) groups excluding carboxylic acids is 1. The molecule has 1 aliphatic rings. The van der Waals surface area contributed by atoms with Crippen molar-refractivity contribution >= 4 is 14.0 Å². The second kappa shape index (κ2) is 6.22. The number of rotatable bonds is 8. The molecule has 0 amide bonds. The van der Waals surface area contributed by atoms with Crippen LogP contribution in [0.5, 0.6) is 0 Å². The number of unbranched alkanes of at least 4 members (excludes halogenated alkanes) is 1. The number of carbonyl (C=O) groups is 1. The molecule has 1 aliphatic carbocycles. The third kappa shape index (κ3) is 2.26. The van der Waals surface area contributed by atoms with Gasteiger partial charge in [0, 0.05) is 0 Å². The number of hydrogen-bond donors (Lipinski definition) is 0. The van der Waals surface area contributed by atoms with Gasteiger partial charge in [-0.3, -0.25) is 4.79 Å². The third-order valence-electron chi connectivity index (χ3n) is 5.54. The van der Waals surface area contributed by atoms with E-state index in [2.05, 4.69) is 27.7 Å². The van der Waals surface area contributed by atoms with Crippen molar-refractivity contribution < 1.29 is 9.53 Å². The molecular weight excluding hydrogens is 240 g/mol. The molecule has 0 heterocycles. The van der Waals surface area contributed by atoms with Crippen molar-refractivity contribution in [3.8, 4) is 0 Å². The first-order valence-corrected chi connectivity index (χ1v) is 10.3. The number of esters is 1. The van der Waals surface area contributed by atoms with E-state index >= 15 is 0 Å². The number of ether oxygens (including phenoxy) is 1. The molecule has 3 heteroatoms. The first-order valence-electron chi connectivity index (χ1n) is 7.66. The maximum Gasteiger partial charge on any atom is 0.309 e. The van der Waals surface area contributed by atoms with E-state index in [-0.39, 0.29) is 11.0 Å². The van der Waals surface area contributed by atoms with E-state index in [9.17, 15) is 4.79 Å². The minimum Gasteiger partial charge on any atom is -0.469 e. The first-order chi connectivity index (χ1) is 8.58. The Morgan fingerprint density at radius 3 is 2.17 bits per heavy atom. The van der Waals surface area contributed by atoms with Crippen LogP contribution in [-0.2, 0) is 9.53 Å². The van der Waals surface area contributed by atoms with E-state index in [1.54, 1.807) is 7.11 Å². The monoisotopic (exact) mass is 270 g/mol. The second-order valence-electron chi connectivity index (χ2n) is 5.85. The molecule has 1 saturated carbocycles. The zero-order chi connectivity index (χ0) is 13.8. The van der Waals surface area contributed by atoms with Crippen molar-refractivity contribution in [2.45, 2.75) is 76.5 Å². The third-order valence-corrected chi connectivity index (χ3v) is 12.3. The minimum atomic E-state index is -1.51. The van der Waals surface area contributed by atoms with E-state index in [1.807, 2.05) is 0 Å². The van der Waals surface area contributed by atoms with Crippen molar-refractivity contribution in [3.63, 3.8) is 0 Å². The first kappa shape index (κ1) is 15.7. The molecule has 0 radical (unpaired) electrons. The van der Waals surface area contributed by atoms with Gasteiger partial charge in [-0.05, 0) is 18.8 Å². The molecule has 1 fully saturated rings. The molecule has 0 spiro atoms. The van der Waals surface area contributed by atoms with Gasteiger partial charge in [0.15, 0.2) is 0 Å². The Hall–Kier alpha value is -0.313. The van der Waals surface area contributed by atoms with Crippen LogP contribution in [0.2, 0.25) is 23.2 Å². The smallest absolute Gasteiger partial charge is 0.309 e. The molecule has 0 unspecified atom stereocenters. The topological polar surface area (TPSA) is 26.3 Å². The summed E-state index contributed by atoms with van der Waals surface area (Å²) in [5.74, 6) is 0.734. The van der Waals surface area contributed by atoms with Crippen LogP contribution >= 0.6 is 0 Å². The summed E-state index contributed by atoms with van der Waals surface area (Å²) in [5, 5.41) is -0.0326. The molecule has 18 heavy (non-hydrogen) atoms. The molecular formula is C15H30O2Si. The fourth-order valence-electron chi connectivity index (χ4n) is 4.12. The van der Waals surface area contributed by atoms with Crippen LogP contribution in [0.3, 0.4) is 0 Å². The van der Waals surface area contributed by atoms with Gasteiger partial charge in [-0.1, -0.05) is 58.7 Å². The SMILES string of the molecule is CCCC[C@H]1C[C@]1(C(=O)OC)[Si](CC)(CC)CC. The predicted octanol–water partition coefficient (Wildman–Crippen LogP) is 4.62. The lowest BCUT2D eigenvalue weighted by Gasteiger charge is -2.37. The van der Waals surface area contributed by atoms with Crippen LogP contribution in [0.1, 0.15) is 53.4 Å². The highest BCUT2D eigenvalue weighted by Gasteiger charge is 2.69. The molecule has 0 bridgehead atoms. The summed E-state index contributed by atoms with van der Waals surface area (Å²) < 4.78 is 5.20. The largest absolute Gasteiger partial charge is 0.469 e. The van der Waals surface area contributed by atoms with Gasteiger partial charge in [-0.25, -0.2) is 0 Å². The molecule has 0 aromatic rings. The summed E-state index contributed by atoms with van der Waals surface area (Å²) in [7, 11) is 0.0633. The average Bonchev–Trinajstić information content (AvgIpc) is 3.14. The zero-order valence-corrected chi connectivity index (χ0v) is 13.8. The molecule has 2 nitrogen and oxygen atoms in total. The van der Waals surface area contributed by atoms with Crippen molar-refractivity contribution in [3.05, 3.63) is 0 Å². The highest BCUT2D eigenvalue weighted by Crippen LogP contribution is 2.70. The van der Waals surface area contributed by atoms with E-state index in [4.69, 9.17) is 4.74 Å². The Morgan fingerprint density at radius 2 is 1.78 bits per heavy atom. The molecule has 0 aromatic carbocycles. The molecule has 0 aromatic heterocycles. The normalized spacial score (nSPS) is 27.1. The molecule has 2 atom stereocenters. The van der Waals surface area contributed by atoms with Gasteiger partial charge in [0.25, 0.3) is 0 Å². The van der Waals surface area contributed by atoms with Gasteiger partial charge in [0.2, 0.25) is 0 Å². The lowest BCUT2D eigenvalue weighted by molar-refractivity contribution is -0.142. The van der Waals surface area contributed by atoms with Gasteiger partial charge in [0.1, 0.15) is 0 Å². The summed E-state index contributed by atoms with van der Waals surface area (Å²) in [6.45, 7) is 9.10. The van der Waals surface area contributed by atoms with Gasteiger partial charge in [0.05, 0.1) is 20.2 Å². The van der Waals surface area contributed by atoms with Crippen LogP contribution < -0.4 is 0 Å². The lowest BCUT2D eigenvalue weighted by atomic mass is 10.1. The maximum atomic E-state index is 12.4. The molecule has 0 aliphatic heterocycles. The van der Waals surface area contributed by atoms with E-state index < -0.39 is 8.07 Å². The Morgan fingerprint density at radius 1 is 1.22 bits per heavy atom. The van der Waals surface area contributed by atoms with Crippen LogP contribution in [0.15, 0.2) is 0 Å². The molecule has 0 N–H and O–H groups in total. The second-order valence-corrected chi connectivity index (χ2v) is 11.4. The molecule has 106 valence electrons. The Kier molecular flexibility index (Phi) is 5.44. The maximum absolute atomic E-state index is 12.4. The van der Waals surface area contributed by atoms with Crippen LogP contribution in [0.4, 0.5) is 0 Å². The van der Waals surface area contributed by atoms with Gasteiger partial charge < -0.3 is 4.74 Å². The summed E-state index contributed by atoms with van der Waals surface area (Å²) in [6, 6.07) is 3.66. The Labute approximate surface area is 113 Å². The van der Waals surface area contributed by atoms with Crippen LogP contribution in [0, 0.1) is 5.92 Å². The molecule has 1 rings (SSSR count). The zero-order valence-electron chi connectivity index (χ0n) is 12.8. The Bertz CT molecular complexity index is 278. The summed E-state index contributed by atoms with van der Waals surface area (Å²) in [5.41, 5.74) is 0. The van der Waals surface area contributed by atoms with E-state index in [0.29, 0.717) is 5.92 Å². The quantitative estimate of drug-likeness (QED) is 0.475. The van der Waals surface area contributed by atoms with Crippen molar-refractivity contribution in [1.82, 2.24) is 0 Å². The van der Waals surface area contributed by atoms with Gasteiger partial charge in [-0.15, -0.1) is 0 Å². The van der Waals surface area contributed by atoms with E-state index in [0.717, 1.165) is 6.42 Å². The van der Waals surface area contributed by atoms with Gasteiger partial charge in [-0.2, -0.15) is 0 Å². The van der Waals surface area contributed by atoms with Crippen molar-refractivity contribution in [2.24, 2.45) is 5.92 Å². The predicted molar refractivity (Wildman–Crippen MR) is 79.5 cm³/mol. The highest BCUT2D eigenvalue weighted by atomic mass is 28.3. The van der Waals surface area contributed by atoms with Crippen molar-refractivity contribution in [1.29, 1.82) is 0 Å². The fourth-order valence-corrected chi connectivity index (χ4v) is 9.74. The minimum absolute atomic E-state index is 0.0326. The summed E-state index contributed by atoms with van der Waals surface area (Å²) in [4.78, 5) is 12.4. The lowest BCUT2D eigenvalue weighted by Crippen LogP contribution is -2.44. The van der Waals surface area contributed by atoms with Gasteiger partial charge >= 0.3 is 5.97 Å². The number of hydrogen-bond acceptors (Lipinski definition) is 2. The number of methoxy groups -OCH3 is 1. The summed E-state index contributed by atoms with van der Waals surface area (Å²) in [6.07, 6.45) is 4.82. The molecule has 0 saturated heterocycles. The highest BCUT2D eigenvalue weighted by molar-refractivity contribution is 6.86. The van der Waals surface area contributed by atoms with E-state index in [1.165, 1.54) is 37.4 Å². The fraction of sp³-hybridized carbons (Fsp3) is 0.933. The van der Waals surface area contributed by atoms with Crippen molar-refractivity contribution in [2.75, 3.05) is 7.11 Å². The average molecular weight is 270 g/mol.